The first-order chi connectivity index (χ1) is 15.6. The van der Waals surface area contributed by atoms with Crippen molar-refractivity contribution in [2.24, 2.45) is 5.92 Å². The van der Waals surface area contributed by atoms with Gasteiger partial charge in [-0.2, -0.15) is 4.31 Å². The molecular weight excluding hydrogens is 452 g/mol. The first-order valence-electron chi connectivity index (χ1n) is 10.8. The summed E-state index contributed by atoms with van der Waals surface area (Å²) in [4.78, 5) is 26.4. The summed E-state index contributed by atoms with van der Waals surface area (Å²) >= 11 is 0. The van der Waals surface area contributed by atoms with Gasteiger partial charge in [0.2, 0.25) is 21.8 Å². The molecule has 7 nitrogen and oxygen atoms in total. The summed E-state index contributed by atoms with van der Waals surface area (Å²) in [5, 5.41) is 2.34. The number of benzene rings is 2. The van der Waals surface area contributed by atoms with E-state index in [9.17, 15) is 26.8 Å². The van der Waals surface area contributed by atoms with Crippen LogP contribution >= 0.6 is 0 Å². The summed E-state index contributed by atoms with van der Waals surface area (Å²) in [6.45, 7) is 2.68. The van der Waals surface area contributed by atoms with Crippen molar-refractivity contribution in [3.8, 4) is 0 Å². The second kappa shape index (κ2) is 9.18. The van der Waals surface area contributed by atoms with Gasteiger partial charge in [-0.1, -0.05) is 6.92 Å². The number of hydrogen-bond donors (Lipinski definition) is 1. The summed E-state index contributed by atoms with van der Waals surface area (Å²) in [6, 6.07) is 7.34. The molecule has 33 heavy (non-hydrogen) atoms. The third-order valence-corrected chi connectivity index (χ3v) is 8.03. The molecule has 0 spiro atoms. The Morgan fingerprint density at radius 3 is 2.52 bits per heavy atom. The number of carbonyl (C=O) groups excluding carboxylic acids is 2. The number of halogens is 2. The summed E-state index contributed by atoms with van der Waals surface area (Å²) in [5.74, 6) is -2.14. The van der Waals surface area contributed by atoms with Crippen molar-refractivity contribution < 1.29 is 26.8 Å². The number of carbonyl (C=O) groups is 2. The van der Waals surface area contributed by atoms with E-state index in [0.29, 0.717) is 42.7 Å². The quantitative estimate of drug-likeness (QED) is 0.716. The van der Waals surface area contributed by atoms with Crippen molar-refractivity contribution in [1.82, 2.24) is 4.31 Å². The highest BCUT2D eigenvalue weighted by Gasteiger charge is 2.31. The van der Waals surface area contributed by atoms with Crippen molar-refractivity contribution in [3.63, 3.8) is 0 Å². The second-order valence-corrected chi connectivity index (χ2v) is 10.5. The van der Waals surface area contributed by atoms with E-state index in [1.165, 1.54) is 21.3 Å². The second-order valence-electron chi connectivity index (χ2n) is 8.53. The molecule has 0 bridgehead atoms. The van der Waals surface area contributed by atoms with Gasteiger partial charge in [-0.05, 0) is 61.1 Å². The minimum Gasteiger partial charge on any atom is -0.322 e. The molecule has 2 heterocycles. The Hall–Kier alpha value is -2.85. The zero-order valence-corrected chi connectivity index (χ0v) is 19.0. The fraction of sp³-hybridized carbons (Fsp3) is 0.391. The van der Waals surface area contributed by atoms with E-state index in [1.807, 2.05) is 0 Å². The molecule has 2 aromatic rings. The van der Waals surface area contributed by atoms with Crippen LogP contribution in [0, 0.1) is 17.6 Å². The fourth-order valence-corrected chi connectivity index (χ4v) is 5.69. The van der Waals surface area contributed by atoms with Crippen LogP contribution < -0.4 is 10.2 Å². The first-order valence-corrected chi connectivity index (χ1v) is 12.3. The Morgan fingerprint density at radius 1 is 1.09 bits per heavy atom. The van der Waals surface area contributed by atoms with Gasteiger partial charge < -0.3 is 10.2 Å². The van der Waals surface area contributed by atoms with Crippen LogP contribution in [-0.2, 0) is 26.0 Å². The maximum absolute atomic E-state index is 13.8. The lowest BCUT2D eigenvalue weighted by molar-refractivity contribution is -0.121. The number of hydrogen-bond acceptors (Lipinski definition) is 4. The highest BCUT2D eigenvalue weighted by atomic mass is 32.2. The highest BCUT2D eigenvalue weighted by Crippen LogP contribution is 2.32. The molecular formula is C23H25F2N3O4S. The van der Waals surface area contributed by atoms with Crippen LogP contribution in [0.2, 0.25) is 0 Å². The van der Waals surface area contributed by atoms with Crippen molar-refractivity contribution in [1.29, 1.82) is 0 Å². The molecule has 1 saturated heterocycles. The predicted octanol–water partition coefficient (Wildman–Crippen LogP) is 3.30. The Labute approximate surface area is 191 Å². The number of anilines is 2. The molecule has 0 saturated carbocycles. The van der Waals surface area contributed by atoms with E-state index in [2.05, 4.69) is 12.2 Å². The molecule has 1 N–H and O–H groups in total. The van der Waals surface area contributed by atoms with E-state index < -0.39 is 27.6 Å². The Kier molecular flexibility index (Phi) is 6.49. The van der Waals surface area contributed by atoms with Gasteiger partial charge in [-0.15, -0.1) is 0 Å². The predicted molar refractivity (Wildman–Crippen MR) is 119 cm³/mol. The molecule has 4 rings (SSSR count). The topological polar surface area (TPSA) is 86.8 Å². The number of amides is 2. The van der Waals surface area contributed by atoms with Crippen LogP contribution in [0.4, 0.5) is 20.2 Å². The van der Waals surface area contributed by atoms with Gasteiger partial charge in [0.25, 0.3) is 0 Å². The van der Waals surface area contributed by atoms with Crippen LogP contribution in [0.15, 0.2) is 41.3 Å². The van der Waals surface area contributed by atoms with E-state index in [-0.39, 0.29) is 29.5 Å². The number of aryl methyl sites for hydroxylation is 1. The number of rotatable bonds is 5. The molecule has 2 aromatic carbocycles. The van der Waals surface area contributed by atoms with Crippen molar-refractivity contribution in [3.05, 3.63) is 53.6 Å². The molecule has 10 heteroatoms. The fourth-order valence-electron chi connectivity index (χ4n) is 4.17. The lowest BCUT2D eigenvalue weighted by atomic mass is 10.0. The standard InChI is InChI=1S/C23H25F2N3O4S/c1-15-8-10-27(11-9-15)33(31,32)18-4-6-21-16(12-18)2-7-23(30)28(21)14-22(29)26-20-5-3-17(24)13-19(20)25/h3-6,12-13,15H,2,7-11,14H2,1H3,(H,26,29). The number of fused-ring (bicyclic) bond motifs is 1. The molecule has 0 atom stereocenters. The first kappa shape index (κ1) is 23.3. The maximum Gasteiger partial charge on any atom is 0.244 e. The van der Waals surface area contributed by atoms with E-state index >= 15 is 0 Å². The molecule has 2 amide bonds. The number of nitrogens with one attached hydrogen (secondary N) is 1. The lowest BCUT2D eigenvalue weighted by Gasteiger charge is -2.31. The molecule has 0 radical (unpaired) electrons. The van der Waals surface area contributed by atoms with Gasteiger partial charge in [0.05, 0.1) is 10.6 Å². The van der Waals surface area contributed by atoms with Crippen molar-refractivity contribution >= 4 is 33.2 Å². The largest absolute Gasteiger partial charge is 0.322 e. The van der Waals surface area contributed by atoms with E-state index in [4.69, 9.17) is 0 Å². The Morgan fingerprint density at radius 2 is 1.82 bits per heavy atom. The third-order valence-electron chi connectivity index (χ3n) is 6.14. The van der Waals surface area contributed by atoms with Crippen LogP contribution in [0.3, 0.4) is 0 Å². The van der Waals surface area contributed by atoms with Crippen molar-refractivity contribution in [2.45, 2.75) is 37.5 Å². The number of piperidine rings is 1. The molecule has 2 aliphatic rings. The third kappa shape index (κ3) is 4.91. The minimum absolute atomic E-state index is 0.121. The summed E-state index contributed by atoms with van der Waals surface area (Å²) < 4.78 is 54.6. The van der Waals surface area contributed by atoms with E-state index in [0.717, 1.165) is 25.0 Å². The molecule has 0 aliphatic carbocycles. The zero-order valence-electron chi connectivity index (χ0n) is 18.2. The van der Waals surface area contributed by atoms with Crippen LogP contribution in [0.1, 0.15) is 31.7 Å². The molecule has 0 aromatic heterocycles. The van der Waals surface area contributed by atoms with Gasteiger partial charge in [0.1, 0.15) is 18.2 Å². The van der Waals surface area contributed by atoms with Gasteiger partial charge in [-0.25, -0.2) is 17.2 Å². The van der Waals surface area contributed by atoms with Gasteiger partial charge in [0.15, 0.2) is 0 Å². The highest BCUT2D eigenvalue weighted by molar-refractivity contribution is 7.89. The monoisotopic (exact) mass is 477 g/mol. The molecule has 176 valence electrons. The molecule has 2 aliphatic heterocycles. The summed E-state index contributed by atoms with van der Waals surface area (Å²) in [6.07, 6.45) is 2.11. The summed E-state index contributed by atoms with van der Waals surface area (Å²) in [7, 11) is -3.64. The van der Waals surface area contributed by atoms with Gasteiger partial charge in [-0.3, -0.25) is 9.59 Å². The molecule has 1 fully saturated rings. The average molecular weight is 478 g/mol. The zero-order chi connectivity index (χ0) is 23.8. The van der Waals surface area contributed by atoms with Crippen LogP contribution in [0.25, 0.3) is 0 Å². The SMILES string of the molecule is CC1CCN(S(=O)(=O)c2ccc3c(c2)CCC(=O)N3CC(=O)Nc2ccc(F)cc2F)CC1. The Balaban J connectivity index is 1.53. The van der Waals surface area contributed by atoms with Gasteiger partial charge in [0, 0.05) is 31.3 Å². The van der Waals surface area contributed by atoms with Gasteiger partial charge >= 0.3 is 0 Å². The smallest absolute Gasteiger partial charge is 0.244 e. The molecule has 0 unspecified atom stereocenters. The Bertz CT molecular complexity index is 1190. The number of sulfonamides is 1. The van der Waals surface area contributed by atoms with Crippen molar-refractivity contribution in [2.75, 3.05) is 29.9 Å². The lowest BCUT2D eigenvalue weighted by Crippen LogP contribution is -2.41. The van der Waals surface area contributed by atoms with Crippen LogP contribution in [0.5, 0.6) is 0 Å². The normalized spacial score (nSPS) is 17.7. The summed E-state index contributed by atoms with van der Waals surface area (Å²) in [5.41, 5.74) is 0.914. The van der Waals surface area contributed by atoms with E-state index in [1.54, 1.807) is 6.07 Å². The average Bonchev–Trinajstić information content (AvgIpc) is 2.77. The number of nitrogens with zero attached hydrogens (tertiary/aromatic N) is 2. The van der Waals surface area contributed by atoms with Crippen LogP contribution in [-0.4, -0.2) is 44.2 Å². The minimum atomic E-state index is -3.64. The maximum atomic E-state index is 13.8.